The number of aliphatic imine (C=N–C) groups is 1. The average Bonchev–Trinajstić information content (AvgIpc) is 2.67. The van der Waals surface area contributed by atoms with Gasteiger partial charge < -0.3 is 19.9 Å². The van der Waals surface area contributed by atoms with Gasteiger partial charge in [0.15, 0.2) is 5.96 Å². The molecular weight excluding hydrogens is 471 g/mol. The molecule has 27 heavy (non-hydrogen) atoms. The summed E-state index contributed by atoms with van der Waals surface area (Å²) in [7, 11) is 6.04. The van der Waals surface area contributed by atoms with Crippen molar-refractivity contribution in [1.29, 1.82) is 0 Å². The molecule has 1 fully saturated rings. The van der Waals surface area contributed by atoms with Crippen molar-refractivity contribution in [3.8, 4) is 5.75 Å². The van der Waals surface area contributed by atoms with Gasteiger partial charge in [0, 0.05) is 44.2 Å². The zero-order valence-corrected chi connectivity index (χ0v) is 20.3. The fourth-order valence-electron chi connectivity index (χ4n) is 2.95. The molecule has 1 aliphatic rings. The summed E-state index contributed by atoms with van der Waals surface area (Å²) in [6.07, 6.45) is 2.26. The maximum Gasteiger partial charge on any atom is 0.193 e. The monoisotopic (exact) mass is 506 g/mol. The molecule has 0 spiro atoms. The van der Waals surface area contributed by atoms with E-state index in [4.69, 9.17) is 4.74 Å². The van der Waals surface area contributed by atoms with Crippen LogP contribution in [0.3, 0.4) is 0 Å². The van der Waals surface area contributed by atoms with E-state index in [2.05, 4.69) is 77.2 Å². The molecule has 0 saturated carbocycles. The van der Waals surface area contributed by atoms with Crippen LogP contribution in [0.4, 0.5) is 0 Å². The van der Waals surface area contributed by atoms with Crippen LogP contribution >= 0.6 is 35.7 Å². The minimum atomic E-state index is 0. The highest BCUT2D eigenvalue weighted by molar-refractivity contribution is 14.0. The lowest BCUT2D eigenvalue weighted by atomic mass is 10.2. The van der Waals surface area contributed by atoms with Crippen LogP contribution in [0.1, 0.15) is 25.3 Å². The molecule has 1 aliphatic heterocycles. The van der Waals surface area contributed by atoms with Gasteiger partial charge in [-0.1, -0.05) is 19.1 Å². The molecule has 1 aromatic carbocycles. The molecule has 7 heteroatoms. The predicted octanol–water partition coefficient (Wildman–Crippen LogP) is 3.54. The molecule has 0 aliphatic carbocycles. The maximum absolute atomic E-state index is 5.80. The number of rotatable bonds is 8. The Morgan fingerprint density at radius 1 is 1.33 bits per heavy atom. The number of nitrogens with one attached hydrogen (secondary N) is 1. The van der Waals surface area contributed by atoms with Crippen LogP contribution in [0.5, 0.6) is 5.75 Å². The summed E-state index contributed by atoms with van der Waals surface area (Å²) in [5.41, 5.74) is 1.24. The Bertz CT molecular complexity index is 553. The van der Waals surface area contributed by atoms with Crippen LogP contribution in [0.15, 0.2) is 29.3 Å². The summed E-state index contributed by atoms with van der Waals surface area (Å²) in [5, 5.41) is 4.22. The lowest BCUT2D eigenvalue weighted by Gasteiger charge is -2.34. The molecule has 0 aromatic heterocycles. The lowest BCUT2D eigenvalue weighted by Crippen LogP contribution is -2.47. The van der Waals surface area contributed by atoms with Crippen molar-refractivity contribution < 1.29 is 4.74 Å². The number of nitrogens with zero attached hydrogens (tertiary/aromatic N) is 3. The van der Waals surface area contributed by atoms with E-state index >= 15 is 0 Å². The molecule has 1 aromatic rings. The van der Waals surface area contributed by atoms with Crippen molar-refractivity contribution in [2.75, 3.05) is 53.1 Å². The summed E-state index contributed by atoms with van der Waals surface area (Å²) in [5.74, 6) is 3.13. The first-order chi connectivity index (χ1) is 12.6. The van der Waals surface area contributed by atoms with E-state index in [0.29, 0.717) is 5.25 Å². The molecular formula is C20H35IN4OS. The quantitative estimate of drug-likeness (QED) is 0.253. The van der Waals surface area contributed by atoms with Crippen LogP contribution < -0.4 is 10.1 Å². The van der Waals surface area contributed by atoms with E-state index in [1.165, 1.54) is 17.7 Å². The summed E-state index contributed by atoms with van der Waals surface area (Å²) >= 11 is 2.08. The first-order valence-electron chi connectivity index (χ1n) is 9.56. The minimum Gasteiger partial charge on any atom is -0.494 e. The molecule has 0 radical (unpaired) electrons. The van der Waals surface area contributed by atoms with Gasteiger partial charge in [-0.25, -0.2) is 0 Å². The average molecular weight is 506 g/mol. The predicted molar refractivity (Wildman–Crippen MR) is 129 cm³/mol. The van der Waals surface area contributed by atoms with E-state index in [1.54, 1.807) is 0 Å². The van der Waals surface area contributed by atoms with Crippen LogP contribution in [0.2, 0.25) is 0 Å². The second kappa shape index (κ2) is 13.5. The van der Waals surface area contributed by atoms with Gasteiger partial charge in [0.05, 0.1) is 6.61 Å². The number of hydrogen-bond donors (Lipinski definition) is 1. The summed E-state index contributed by atoms with van der Waals surface area (Å²) in [4.78, 5) is 9.03. The fourth-order valence-corrected chi connectivity index (χ4v) is 4.13. The summed E-state index contributed by atoms with van der Waals surface area (Å²) < 4.78 is 5.80. The van der Waals surface area contributed by atoms with Gasteiger partial charge in [0.2, 0.25) is 0 Å². The Labute approximate surface area is 186 Å². The van der Waals surface area contributed by atoms with Crippen LogP contribution in [-0.2, 0) is 6.54 Å². The molecule has 2 rings (SSSR count). The second-order valence-corrected chi connectivity index (χ2v) is 8.31. The molecule has 1 atom stereocenters. The fraction of sp³-hybridized carbons (Fsp3) is 0.650. The van der Waals surface area contributed by atoms with Gasteiger partial charge in [0.25, 0.3) is 0 Å². The number of ether oxygens (including phenoxy) is 1. The largest absolute Gasteiger partial charge is 0.494 e. The van der Waals surface area contributed by atoms with Crippen LogP contribution in [-0.4, -0.2) is 74.1 Å². The first-order valence-corrected chi connectivity index (χ1v) is 10.6. The molecule has 1 saturated heterocycles. The standard InChI is InChI=1S/C20H34N4OS.HI/c1-5-19-16-24(12-14-26-19)20(21-2)22-15-17-7-9-18(10-8-17)25-13-6-11-23(3)4;/h7-10,19H,5-6,11-16H2,1-4H3,(H,21,22);1H. The van der Waals surface area contributed by atoms with Gasteiger partial charge >= 0.3 is 0 Å². The van der Waals surface area contributed by atoms with Crippen molar-refractivity contribution in [3.05, 3.63) is 29.8 Å². The van der Waals surface area contributed by atoms with E-state index < -0.39 is 0 Å². The number of halogens is 1. The summed E-state index contributed by atoms with van der Waals surface area (Å²) in [6.45, 7) is 7.01. The molecule has 154 valence electrons. The third-order valence-corrected chi connectivity index (χ3v) is 5.87. The highest BCUT2D eigenvalue weighted by Gasteiger charge is 2.21. The third-order valence-electron chi connectivity index (χ3n) is 4.50. The number of hydrogen-bond acceptors (Lipinski definition) is 4. The highest BCUT2D eigenvalue weighted by Crippen LogP contribution is 2.21. The number of guanidine groups is 1. The summed E-state index contributed by atoms with van der Waals surface area (Å²) in [6, 6.07) is 8.37. The second-order valence-electron chi connectivity index (χ2n) is 6.90. The van der Waals surface area contributed by atoms with Crippen molar-refractivity contribution in [3.63, 3.8) is 0 Å². The molecule has 1 N–H and O–H groups in total. The lowest BCUT2D eigenvalue weighted by molar-refractivity contribution is 0.281. The van der Waals surface area contributed by atoms with Crippen molar-refractivity contribution >= 4 is 41.7 Å². The Morgan fingerprint density at radius 3 is 2.70 bits per heavy atom. The normalized spacial score (nSPS) is 17.6. The minimum absolute atomic E-state index is 0. The number of benzene rings is 1. The van der Waals surface area contributed by atoms with Gasteiger partial charge in [-0.2, -0.15) is 11.8 Å². The van der Waals surface area contributed by atoms with Crippen molar-refractivity contribution in [2.45, 2.75) is 31.6 Å². The Kier molecular flexibility index (Phi) is 12.2. The Balaban J connectivity index is 0.00000364. The van der Waals surface area contributed by atoms with E-state index in [0.717, 1.165) is 50.9 Å². The molecule has 1 unspecified atom stereocenters. The SMILES string of the molecule is CCC1CN(C(=NC)NCc2ccc(OCCCN(C)C)cc2)CCS1.I. The molecule has 0 bridgehead atoms. The molecule has 0 amide bonds. The van der Waals surface area contributed by atoms with Crippen molar-refractivity contribution in [2.24, 2.45) is 4.99 Å². The molecule has 5 nitrogen and oxygen atoms in total. The van der Waals surface area contributed by atoms with E-state index in [-0.39, 0.29) is 24.0 Å². The number of thioether (sulfide) groups is 1. The van der Waals surface area contributed by atoms with Crippen molar-refractivity contribution in [1.82, 2.24) is 15.1 Å². The Hall–Kier alpha value is -0.670. The van der Waals surface area contributed by atoms with Crippen LogP contribution in [0, 0.1) is 0 Å². The van der Waals surface area contributed by atoms with E-state index in [1.807, 2.05) is 7.05 Å². The zero-order chi connectivity index (χ0) is 18.8. The van der Waals surface area contributed by atoms with Gasteiger partial charge in [-0.15, -0.1) is 24.0 Å². The van der Waals surface area contributed by atoms with Gasteiger partial charge in [-0.3, -0.25) is 4.99 Å². The van der Waals surface area contributed by atoms with Gasteiger partial charge in [0.1, 0.15) is 5.75 Å². The smallest absolute Gasteiger partial charge is 0.193 e. The molecule has 1 heterocycles. The van der Waals surface area contributed by atoms with Crippen LogP contribution in [0.25, 0.3) is 0 Å². The first kappa shape index (κ1) is 24.4. The topological polar surface area (TPSA) is 40.1 Å². The zero-order valence-electron chi connectivity index (χ0n) is 17.1. The van der Waals surface area contributed by atoms with Gasteiger partial charge in [-0.05, 0) is 44.6 Å². The Morgan fingerprint density at radius 2 is 2.07 bits per heavy atom. The maximum atomic E-state index is 5.80. The third kappa shape index (κ3) is 8.91. The highest BCUT2D eigenvalue weighted by atomic mass is 127. The van der Waals surface area contributed by atoms with E-state index in [9.17, 15) is 0 Å².